The molecule has 1 aromatic heterocycles. The topological polar surface area (TPSA) is 63.8 Å². The Bertz CT molecular complexity index is 783. The quantitative estimate of drug-likeness (QED) is 0.571. The molecular weight excluding hydrogens is 260 g/mol. The molecule has 0 aliphatic heterocycles. The maximum absolute atomic E-state index is 5.80. The van der Waals surface area contributed by atoms with Gasteiger partial charge in [0.2, 0.25) is 0 Å². The molecule has 4 heteroatoms. The van der Waals surface area contributed by atoms with E-state index in [1.165, 1.54) is 10.8 Å². The minimum absolute atomic E-state index is 0.0937. The number of aryl methyl sites for hydroxylation is 2. The summed E-state index contributed by atoms with van der Waals surface area (Å²) < 4.78 is 0. The molecule has 0 spiro atoms. The molecule has 21 heavy (non-hydrogen) atoms. The van der Waals surface area contributed by atoms with Crippen LogP contribution >= 0.6 is 0 Å². The van der Waals surface area contributed by atoms with Gasteiger partial charge in [-0.3, -0.25) is 5.84 Å². The first-order valence-corrected chi connectivity index (χ1v) is 6.94. The van der Waals surface area contributed by atoms with E-state index in [9.17, 15) is 0 Å². The van der Waals surface area contributed by atoms with E-state index in [1.54, 1.807) is 0 Å². The second kappa shape index (κ2) is 5.60. The van der Waals surface area contributed by atoms with E-state index in [4.69, 9.17) is 5.84 Å². The molecule has 106 valence electrons. The molecule has 1 atom stereocenters. The van der Waals surface area contributed by atoms with Crippen molar-refractivity contribution in [1.82, 2.24) is 15.6 Å². The van der Waals surface area contributed by atoms with Crippen LogP contribution in [0.1, 0.15) is 28.6 Å². The maximum Gasteiger partial charge on any atom is 0.0729 e. The maximum atomic E-state index is 5.80. The van der Waals surface area contributed by atoms with Gasteiger partial charge in [0.25, 0.3) is 0 Å². The summed E-state index contributed by atoms with van der Waals surface area (Å²) in [6.45, 7) is 3.89. The van der Waals surface area contributed by atoms with Crippen LogP contribution in [0.15, 0.2) is 48.5 Å². The highest BCUT2D eigenvalue weighted by molar-refractivity contribution is 5.83. The van der Waals surface area contributed by atoms with Crippen molar-refractivity contribution in [3.63, 3.8) is 0 Å². The standard InChI is InChI=1S/C17H18N4/c1-11-9-16(12(2)21-20-11)17(19-18)15-8-7-13-5-3-4-6-14(13)10-15/h3-10,17,19H,18H2,1-2H3. The average molecular weight is 278 g/mol. The van der Waals surface area contributed by atoms with Gasteiger partial charge in [0.05, 0.1) is 17.4 Å². The molecular formula is C17H18N4. The van der Waals surface area contributed by atoms with Crippen LogP contribution in [0.25, 0.3) is 10.8 Å². The lowest BCUT2D eigenvalue weighted by Gasteiger charge is -2.19. The van der Waals surface area contributed by atoms with Gasteiger partial charge < -0.3 is 0 Å². The van der Waals surface area contributed by atoms with Crippen LogP contribution in [0.4, 0.5) is 0 Å². The summed E-state index contributed by atoms with van der Waals surface area (Å²) in [6.07, 6.45) is 0. The molecule has 0 amide bonds. The van der Waals surface area contributed by atoms with Crippen LogP contribution in [0.2, 0.25) is 0 Å². The largest absolute Gasteiger partial charge is 0.271 e. The summed E-state index contributed by atoms with van der Waals surface area (Å²) in [4.78, 5) is 0. The first kappa shape index (κ1) is 13.7. The van der Waals surface area contributed by atoms with E-state index in [2.05, 4.69) is 46.0 Å². The van der Waals surface area contributed by atoms with Crippen molar-refractivity contribution in [3.8, 4) is 0 Å². The highest BCUT2D eigenvalue weighted by atomic mass is 15.2. The highest BCUT2D eigenvalue weighted by Gasteiger charge is 2.16. The zero-order valence-electron chi connectivity index (χ0n) is 12.2. The second-order valence-electron chi connectivity index (χ2n) is 5.23. The fourth-order valence-electron chi connectivity index (χ4n) is 2.62. The fraction of sp³-hybridized carbons (Fsp3) is 0.176. The minimum atomic E-state index is -0.0937. The number of hydrogen-bond acceptors (Lipinski definition) is 4. The van der Waals surface area contributed by atoms with E-state index >= 15 is 0 Å². The number of nitrogens with two attached hydrogens (primary N) is 1. The Morgan fingerprint density at radius 3 is 2.48 bits per heavy atom. The van der Waals surface area contributed by atoms with Gasteiger partial charge in [0, 0.05) is 0 Å². The Morgan fingerprint density at radius 1 is 0.952 bits per heavy atom. The van der Waals surface area contributed by atoms with E-state index < -0.39 is 0 Å². The number of nitrogens with zero attached hydrogens (tertiary/aromatic N) is 2. The Kier molecular flexibility index (Phi) is 3.64. The normalized spacial score (nSPS) is 12.5. The lowest BCUT2D eigenvalue weighted by atomic mass is 9.96. The molecule has 0 fully saturated rings. The van der Waals surface area contributed by atoms with Gasteiger partial charge in [-0.05, 0) is 47.9 Å². The van der Waals surface area contributed by atoms with Crippen molar-refractivity contribution < 1.29 is 0 Å². The summed E-state index contributed by atoms with van der Waals surface area (Å²) in [6, 6.07) is 16.6. The summed E-state index contributed by atoms with van der Waals surface area (Å²) in [7, 11) is 0. The van der Waals surface area contributed by atoms with Gasteiger partial charge in [-0.2, -0.15) is 10.2 Å². The minimum Gasteiger partial charge on any atom is -0.271 e. The van der Waals surface area contributed by atoms with Crippen LogP contribution in [0, 0.1) is 13.8 Å². The van der Waals surface area contributed by atoms with E-state index in [0.29, 0.717) is 0 Å². The lowest BCUT2D eigenvalue weighted by Crippen LogP contribution is -2.29. The molecule has 3 N–H and O–H groups in total. The van der Waals surface area contributed by atoms with Gasteiger partial charge in [0.15, 0.2) is 0 Å². The molecule has 0 saturated carbocycles. The Labute approximate surface area is 124 Å². The Balaban J connectivity index is 2.11. The monoisotopic (exact) mass is 278 g/mol. The van der Waals surface area contributed by atoms with Crippen LogP contribution in [0.5, 0.6) is 0 Å². The SMILES string of the molecule is Cc1cc(C(NN)c2ccc3ccccc3c2)c(C)nn1. The van der Waals surface area contributed by atoms with Crippen molar-refractivity contribution in [2.75, 3.05) is 0 Å². The predicted octanol–water partition coefficient (Wildman–Crippen LogP) is 2.80. The predicted molar refractivity (Wildman–Crippen MR) is 84.6 cm³/mol. The molecule has 0 radical (unpaired) electrons. The number of hydrazine groups is 1. The van der Waals surface area contributed by atoms with Crippen LogP contribution < -0.4 is 11.3 Å². The Morgan fingerprint density at radius 2 is 1.71 bits per heavy atom. The molecule has 1 unspecified atom stereocenters. The molecule has 1 heterocycles. The summed E-state index contributed by atoms with van der Waals surface area (Å²) in [5.41, 5.74) is 6.84. The van der Waals surface area contributed by atoms with Gasteiger partial charge in [0.1, 0.15) is 0 Å². The van der Waals surface area contributed by atoms with Crippen LogP contribution in [-0.4, -0.2) is 10.2 Å². The molecule has 0 saturated heterocycles. The van der Waals surface area contributed by atoms with Crippen LogP contribution in [0.3, 0.4) is 0 Å². The summed E-state index contributed by atoms with van der Waals surface area (Å²) in [5.74, 6) is 5.80. The van der Waals surface area contributed by atoms with E-state index in [0.717, 1.165) is 22.5 Å². The Hall–Kier alpha value is -2.30. The molecule has 3 aromatic rings. The molecule has 0 bridgehead atoms. The summed E-state index contributed by atoms with van der Waals surface area (Å²) >= 11 is 0. The molecule has 2 aromatic carbocycles. The lowest BCUT2D eigenvalue weighted by molar-refractivity contribution is 0.626. The van der Waals surface area contributed by atoms with E-state index in [1.807, 2.05) is 32.0 Å². The van der Waals surface area contributed by atoms with E-state index in [-0.39, 0.29) is 6.04 Å². The number of rotatable bonds is 3. The zero-order chi connectivity index (χ0) is 14.8. The first-order valence-electron chi connectivity index (χ1n) is 6.94. The first-order chi connectivity index (χ1) is 10.2. The third-order valence-corrected chi connectivity index (χ3v) is 3.72. The number of fused-ring (bicyclic) bond motifs is 1. The van der Waals surface area contributed by atoms with Crippen LogP contribution in [-0.2, 0) is 0 Å². The third kappa shape index (κ3) is 2.63. The molecule has 0 aliphatic rings. The third-order valence-electron chi connectivity index (χ3n) is 3.72. The van der Waals surface area contributed by atoms with Gasteiger partial charge >= 0.3 is 0 Å². The van der Waals surface area contributed by atoms with Gasteiger partial charge in [-0.15, -0.1) is 0 Å². The highest BCUT2D eigenvalue weighted by Crippen LogP contribution is 2.26. The van der Waals surface area contributed by atoms with Crippen molar-refractivity contribution in [2.24, 2.45) is 5.84 Å². The fourth-order valence-corrected chi connectivity index (χ4v) is 2.62. The summed E-state index contributed by atoms with van der Waals surface area (Å²) in [5, 5.41) is 10.7. The van der Waals surface area contributed by atoms with Crippen molar-refractivity contribution >= 4 is 10.8 Å². The smallest absolute Gasteiger partial charge is 0.0729 e. The molecule has 4 nitrogen and oxygen atoms in total. The molecule has 0 aliphatic carbocycles. The van der Waals surface area contributed by atoms with Crippen molar-refractivity contribution in [1.29, 1.82) is 0 Å². The van der Waals surface area contributed by atoms with Crippen molar-refractivity contribution in [3.05, 3.63) is 71.0 Å². The number of hydrogen-bond donors (Lipinski definition) is 2. The number of nitrogens with one attached hydrogen (secondary N) is 1. The van der Waals surface area contributed by atoms with Gasteiger partial charge in [-0.25, -0.2) is 5.43 Å². The van der Waals surface area contributed by atoms with Gasteiger partial charge in [-0.1, -0.05) is 36.4 Å². The molecule has 3 rings (SSSR count). The second-order valence-corrected chi connectivity index (χ2v) is 5.23. The zero-order valence-corrected chi connectivity index (χ0v) is 12.2. The van der Waals surface area contributed by atoms with Crippen molar-refractivity contribution in [2.45, 2.75) is 19.9 Å². The number of benzene rings is 2. The average Bonchev–Trinajstić information content (AvgIpc) is 2.51. The number of aromatic nitrogens is 2.